The van der Waals surface area contributed by atoms with Crippen molar-refractivity contribution < 1.29 is 13.2 Å². The molecular weight excluding hydrogens is 267 g/mol. The van der Waals surface area contributed by atoms with E-state index in [0.717, 1.165) is 5.56 Å². The van der Waals surface area contributed by atoms with Gasteiger partial charge < -0.3 is 10.2 Å². The van der Waals surface area contributed by atoms with Gasteiger partial charge in [0.1, 0.15) is 12.4 Å². The fourth-order valence-corrected chi connectivity index (χ4v) is 1.83. The summed E-state index contributed by atoms with van der Waals surface area (Å²) in [6, 6.07) is 3.86. The van der Waals surface area contributed by atoms with Gasteiger partial charge in [-0.15, -0.1) is 0 Å². The van der Waals surface area contributed by atoms with Gasteiger partial charge in [-0.25, -0.2) is 4.98 Å². The van der Waals surface area contributed by atoms with Crippen LogP contribution in [0.4, 0.5) is 19.0 Å². The van der Waals surface area contributed by atoms with Crippen molar-refractivity contribution in [2.75, 3.05) is 18.0 Å². The van der Waals surface area contributed by atoms with E-state index in [2.05, 4.69) is 10.3 Å². The van der Waals surface area contributed by atoms with Crippen molar-refractivity contribution in [1.82, 2.24) is 10.3 Å². The normalized spacial score (nSPS) is 11.9. The van der Waals surface area contributed by atoms with Crippen LogP contribution >= 0.6 is 0 Å². The van der Waals surface area contributed by atoms with Gasteiger partial charge in [-0.3, -0.25) is 0 Å². The highest BCUT2D eigenvalue weighted by Gasteiger charge is 2.31. The van der Waals surface area contributed by atoms with Crippen LogP contribution in [0.15, 0.2) is 18.3 Å². The summed E-state index contributed by atoms with van der Waals surface area (Å²) < 4.78 is 37.8. The molecule has 0 saturated carbocycles. The molecule has 20 heavy (non-hydrogen) atoms. The van der Waals surface area contributed by atoms with Gasteiger partial charge in [0, 0.05) is 25.3 Å². The average molecular weight is 289 g/mol. The third-order valence-corrected chi connectivity index (χ3v) is 2.71. The molecule has 0 bridgehead atoms. The highest BCUT2D eigenvalue weighted by molar-refractivity contribution is 5.41. The van der Waals surface area contributed by atoms with Crippen molar-refractivity contribution >= 4 is 5.82 Å². The van der Waals surface area contributed by atoms with E-state index < -0.39 is 12.7 Å². The summed E-state index contributed by atoms with van der Waals surface area (Å²) >= 11 is 0. The molecular formula is C14H22F3N3. The van der Waals surface area contributed by atoms with Crippen molar-refractivity contribution in [3.63, 3.8) is 0 Å². The number of anilines is 1. The molecule has 1 aromatic heterocycles. The molecule has 1 rings (SSSR count). The number of hydrogen-bond donors (Lipinski definition) is 1. The molecule has 0 unspecified atom stereocenters. The Kier molecular flexibility index (Phi) is 6.26. The molecule has 0 aliphatic rings. The molecule has 6 heteroatoms. The van der Waals surface area contributed by atoms with Gasteiger partial charge in [-0.2, -0.15) is 13.2 Å². The third kappa shape index (κ3) is 6.23. The first-order valence-corrected chi connectivity index (χ1v) is 6.82. The number of rotatable bonds is 7. The topological polar surface area (TPSA) is 28.2 Å². The Hall–Kier alpha value is -1.30. The number of nitrogens with zero attached hydrogens (tertiary/aromatic N) is 2. The first-order valence-electron chi connectivity index (χ1n) is 6.82. The Labute approximate surface area is 118 Å². The zero-order valence-corrected chi connectivity index (χ0v) is 12.2. The minimum absolute atomic E-state index is 0.327. The Morgan fingerprint density at radius 1 is 1.35 bits per heavy atom. The van der Waals surface area contributed by atoms with Gasteiger partial charge in [0.2, 0.25) is 0 Å². The van der Waals surface area contributed by atoms with Gasteiger partial charge in [-0.05, 0) is 24.1 Å². The van der Waals surface area contributed by atoms with Crippen molar-refractivity contribution in [3.05, 3.63) is 23.9 Å². The first-order chi connectivity index (χ1) is 9.31. The summed E-state index contributed by atoms with van der Waals surface area (Å²) in [6.45, 7) is 5.90. The standard InChI is InChI=1S/C14H22F3N3/c1-4-7-20(10-14(15,16)17)13-8-12(5-6-18-13)9-19-11(2)3/h5-6,8,11,19H,4,7,9-10H2,1-3H3. The Morgan fingerprint density at radius 3 is 2.60 bits per heavy atom. The number of hydrogen-bond acceptors (Lipinski definition) is 3. The molecule has 0 saturated heterocycles. The number of nitrogens with one attached hydrogen (secondary N) is 1. The molecule has 0 aliphatic carbocycles. The van der Waals surface area contributed by atoms with Gasteiger partial charge in [0.05, 0.1) is 0 Å². The Morgan fingerprint density at radius 2 is 2.05 bits per heavy atom. The van der Waals surface area contributed by atoms with Crippen molar-refractivity contribution in [2.24, 2.45) is 0 Å². The second-order valence-electron chi connectivity index (χ2n) is 5.09. The van der Waals surface area contributed by atoms with Gasteiger partial charge in [0.15, 0.2) is 0 Å². The van der Waals surface area contributed by atoms with Crippen LogP contribution in [0.2, 0.25) is 0 Å². The highest BCUT2D eigenvalue weighted by Crippen LogP contribution is 2.21. The lowest BCUT2D eigenvalue weighted by Gasteiger charge is -2.24. The van der Waals surface area contributed by atoms with E-state index in [-0.39, 0.29) is 0 Å². The fourth-order valence-electron chi connectivity index (χ4n) is 1.83. The van der Waals surface area contributed by atoms with Crippen LogP contribution in [0.1, 0.15) is 32.8 Å². The Bertz CT molecular complexity index is 405. The maximum absolute atomic E-state index is 12.6. The fraction of sp³-hybridized carbons (Fsp3) is 0.643. The minimum atomic E-state index is -4.22. The summed E-state index contributed by atoms with van der Waals surface area (Å²) in [5.74, 6) is 0.382. The monoisotopic (exact) mass is 289 g/mol. The first kappa shape index (κ1) is 16.8. The van der Waals surface area contributed by atoms with Crippen LogP contribution in [0.3, 0.4) is 0 Å². The zero-order chi connectivity index (χ0) is 15.2. The largest absolute Gasteiger partial charge is 0.405 e. The van der Waals surface area contributed by atoms with Crippen LogP contribution in [-0.2, 0) is 6.54 Å². The highest BCUT2D eigenvalue weighted by atomic mass is 19.4. The predicted octanol–water partition coefficient (Wildman–Crippen LogP) is 3.36. The second kappa shape index (κ2) is 7.47. The summed E-state index contributed by atoms with van der Waals surface area (Å²) in [4.78, 5) is 5.34. The van der Waals surface area contributed by atoms with E-state index in [1.54, 1.807) is 12.3 Å². The minimum Gasteiger partial charge on any atom is -0.348 e. The molecule has 1 heterocycles. The van der Waals surface area contributed by atoms with Crippen molar-refractivity contribution in [1.29, 1.82) is 0 Å². The third-order valence-electron chi connectivity index (χ3n) is 2.71. The lowest BCUT2D eigenvalue weighted by atomic mass is 10.2. The smallest absolute Gasteiger partial charge is 0.348 e. The van der Waals surface area contributed by atoms with Gasteiger partial charge in [0.25, 0.3) is 0 Å². The molecule has 0 fully saturated rings. The van der Waals surface area contributed by atoms with Gasteiger partial charge in [-0.1, -0.05) is 20.8 Å². The summed E-state index contributed by atoms with van der Waals surface area (Å²) in [6.07, 6.45) is -2.01. The quantitative estimate of drug-likeness (QED) is 0.834. The summed E-state index contributed by atoms with van der Waals surface area (Å²) in [5, 5.41) is 3.24. The van der Waals surface area contributed by atoms with Crippen molar-refractivity contribution in [3.8, 4) is 0 Å². The average Bonchev–Trinajstić information content (AvgIpc) is 2.35. The molecule has 3 nitrogen and oxygen atoms in total. The molecule has 0 aromatic carbocycles. The van der Waals surface area contributed by atoms with Gasteiger partial charge >= 0.3 is 6.18 Å². The number of alkyl halides is 3. The van der Waals surface area contributed by atoms with E-state index >= 15 is 0 Å². The molecule has 114 valence electrons. The summed E-state index contributed by atoms with van der Waals surface area (Å²) in [7, 11) is 0. The molecule has 0 atom stereocenters. The van der Waals surface area contributed by atoms with E-state index in [1.165, 1.54) is 4.90 Å². The van der Waals surface area contributed by atoms with E-state index in [0.29, 0.717) is 31.4 Å². The molecule has 1 N–H and O–H groups in total. The molecule has 0 radical (unpaired) electrons. The second-order valence-corrected chi connectivity index (χ2v) is 5.09. The molecule has 0 amide bonds. The maximum atomic E-state index is 12.6. The molecule has 1 aromatic rings. The van der Waals surface area contributed by atoms with Crippen LogP contribution < -0.4 is 10.2 Å². The number of pyridine rings is 1. The SMILES string of the molecule is CCCN(CC(F)(F)F)c1cc(CNC(C)C)ccn1. The van der Waals surface area contributed by atoms with Crippen LogP contribution in [-0.4, -0.2) is 30.3 Å². The van der Waals surface area contributed by atoms with Crippen LogP contribution in [0, 0.1) is 0 Å². The van der Waals surface area contributed by atoms with E-state index in [9.17, 15) is 13.2 Å². The lowest BCUT2D eigenvalue weighted by Crippen LogP contribution is -2.35. The van der Waals surface area contributed by atoms with E-state index in [1.807, 2.05) is 26.8 Å². The van der Waals surface area contributed by atoms with Crippen LogP contribution in [0.25, 0.3) is 0 Å². The Balaban J connectivity index is 2.82. The maximum Gasteiger partial charge on any atom is 0.405 e. The molecule has 0 spiro atoms. The van der Waals surface area contributed by atoms with Crippen LogP contribution in [0.5, 0.6) is 0 Å². The number of aromatic nitrogens is 1. The lowest BCUT2D eigenvalue weighted by molar-refractivity contribution is -0.119. The zero-order valence-electron chi connectivity index (χ0n) is 12.2. The van der Waals surface area contributed by atoms with E-state index in [4.69, 9.17) is 0 Å². The number of halogens is 3. The summed E-state index contributed by atoms with van der Waals surface area (Å²) in [5.41, 5.74) is 0.937. The van der Waals surface area contributed by atoms with Crippen molar-refractivity contribution in [2.45, 2.75) is 46.0 Å². The predicted molar refractivity (Wildman–Crippen MR) is 74.8 cm³/mol. The molecule has 0 aliphatic heterocycles.